The first kappa shape index (κ1) is 13.9. The van der Waals surface area contributed by atoms with E-state index in [4.69, 9.17) is 0 Å². The highest BCUT2D eigenvalue weighted by molar-refractivity contribution is 7.98. The lowest BCUT2D eigenvalue weighted by Gasteiger charge is -2.15. The van der Waals surface area contributed by atoms with Crippen LogP contribution in [0.15, 0.2) is 29.2 Å². The summed E-state index contributed by atoms with van der Waals surface area (Å²) in [5.74, 6) is -0.189. The summed E-state index contributed by atoms with van der Waals surface area (Å²) < 4.78 is 0. The molecule has 0 bridgehead atoms. The molecule has 0 spiro atoms. The van der Waals surface area contributed by atoms with E-state index >= 15 is 0 Å². The van der Waals surface area contributed by atoms with Crippen molar-refractivity contribution in [3.63, 3.8) is 0 Å². The summed E-state index contributed by atoms with van der Waals surface area (Å²) >= 11 is 1.67. The van der Waals surface area contributed by atoms with E-state index in [-0.39, 0.29) is 18.2 Å². The Kier molecular flexibility index (Phi) is 4.47. The second-order valence-electron chi connectivity index (χ2n) is 4.51. The number of imide groups is 1. The summed E-state index contributed by atoms with van der Waals surface area (Å²) in [4.78, 5) is 26.3. The Hall–Kier alpha value is -1.49. The van der Waals surface area contributed by atoms with Crippen LogP contribution in [-0.2, 0) is 9.59 Å². The Bertz CT molecular complexity index is 473. The third kappa shape index (κ3) is 3.10. The van der Waals surface area contributed by atoms with Gasteiger partial charge < -0.3 is 5.32 Å². The summed E-state index contributed by atoms with van der Waals surface area (Å²) in [7, 11) is 0. The van der Waals surface area contributed by atoms with E-state index in [0.717, 1.165) is 12.1 Å². The molecule has 1 aromatic carbocycles. The minimum Gasteiger partial charge on any atom is -0.373 e. The van der Waals surface area contributed by atoms with Crippen molar-refractivity contribution < 1.29 is 9.59 Å². The summed E-state index contributed by atoms with van der Waals surface area (Å²) in [6, 6.07) is 7.45. The van der Waals surface area contributed by atoms with Crippen LogP contribution in [0.2, 0.25) is 0 Å². The fraction of sp³-hybridized carbons (Fsp3) is 0.429. The van der Waals surface area contributed by atoms with Gasteiger partial charge in [0.25, 0.3) is 5.91 Å². The number of benzene rings is 1. The highest BCUT2D eigenvalue weighted by atomic mass is 32.2. The second-order valence-corrected chi connectivity index (χ2v) is 5.39. The molecule has 0 radical (unpaired) electrons. The third-order valence-corrected chi connectivity index (χ3v) is 3.87. The average Bonchev–Trinajstić information content (AvgIpc) is 2.68. The van der Waals surface area contributed by atoms with Crippen LogP contribution < -0.4 is 5.32 Å². The maximum atomic E-state index is 12.1. The SMILES string of the molecule is CCCN1C(=O)CC(Nc2ccc(SC)cc2)C1=O. The van der Waals surface area contributed by atoms with Crippen molar-refractivity contribution in [1.82, 2.24) is 4.90 Å². The van der Waals surface area contributed by atoms with E-state index in [0.29, 0.717) is 6.54 Å². The molecule has 102 valence electrons. The molecular weight excluding hydrogens is 260 g/mol. The lowest BCUT2D eigenvalue weighted by atomic mass is 10.2. The van der Waals surface area contributed by atoms with Gasteiger partial charge >= 0.3 is 0 Å². The van der Waals surface area contributed by atoms with Crippen molar-refractivity contribution in [3.8, 4) is 0 Å². The molecule has 1 unspecified atom stereocenters. The molecule has 1 heterocycles. The molecule has 4 nitrogen and oxygen atoms in total. The van der Waals surface area contributed by atoms with Gasteiger partial charge in [0.05, 0.1) is 6.42 Å². The minimum atomic E-state index is -0.417. The zero-order chi connectivity index (χ0) is 13.8. The van der Waals surface area contributed by atoms with E-state index in [1.165, 1.54) is 9.80 Å². The largest absolute Gasteiger partial charge is 0.373 e. The Balaban J connectivity index is 2.03. The molecule has 1 saturated heterocycles. The number of hydrogen-bond acceptors (Lipinski definition) is 4. The number of thioether (sulfide) groups is 1. The van der Waals surface area contributed by atoms with Crippen molar-refractivity contribution in [2.45, 2.75) is 30.7 Å². The van der Waals surface area contributed by atoms with Crippen molar-refractivity contribution in [3.05, 3.63) is 24.3 Å². The molecule has 2 amide bonds. The second kappa shape index (κ2) is 6.10. The highest BCUT2D eigenvalue weighted by Gasteiger charge is 2.37. The van der Waals surface area contributed by atoms with Gasteiger partial charge in [-0.25, -0.2) is 0 Å². The Morgan fingerprint density at radius 3 is 2.58 bits per heavy atom. The standard InChI is InChI=1S/C14H18N2O2S/c1-3-8-16-13(17)9-12(14(16)18)15-10-4-6-11(19-2)7-5-10/h4-7,12,15H,3,8-9H2,1-2H3. The first-order chi connectivity index (χ1) is 9.15. The Labute approximate surface area is 117 Å². The number of hydrogen-bond donors (Lipinski definition) is 1. The van der Waals surface area contributed by atoms with E-state index in [1.54, 1.807) is 11.8 Å². The van der Waals surface area contributed by atoms with Gasteiger partial charge in [-0.3, -0.25) is 14.5 Å². The number of amides is 2. The molecule has 1 fully saturated rings. The van der Waals surface area contributed by atoms with E-state index in [1.807, 2.05) is 37.4 Å². The van der Waals surface area contributed by atoms with Crippen molar-refractivity contribution in [2.24, 2.45) is 0 Å². The molecule has 0 saturated carbocycles. The first-order valence-electron chi connectivity index (χ1n) is 6.40. The summed E-state index contributed by atoms with van der Waals surface area (Å²) in [6.07, 6.45) is 3.07. The monoisotopic (exact) mass is 278 g/mol. The fourth-order valence-electron chi connectivity index (χ4n) is 2.14. The smallest absolute Gasteiger partial charge is 0.252 e. The average molecular weight is 278 g/mol. The molecule has 1 N–H and O–H groups in total. The predicted octanol–water partition coefficient (Wildman–Crippen LogP) is 2.36. The van der Waals surface area contributed by atoms with Gasteiger partial charge in [-0.15, -0.1) is 11.8 Å². The fourth-order valence-corrected chi connectivity index (χ4v) is 2.55. The van der Waals surface area contributed by atoms with Crippen LogP contribution >= 0.6 is 11.8 Å². The number of carbonyl (C=O) groups is 2. The lowest BCUT2D eigenvalue weighted by molar-refractivity contribution is -0.138. The van der Waals surface area contributed by atoms with Gasteiger partial charge in [-0.1, -0.05) is 6.92 Å². The molecule has 1 aliphatic heterocycles. The third-order valence-electron chi connectivity index (χ3n) is 3.12. The van der Waals surface area contributed by atoms with Crippen LogP contribution in [0.1, 0.15) is 19.8 Å². The van der Waals surface area contributed by atoms with Crippen LogP contribution in [0.5, 0.6) is 0 Å². The topological polar surface area (TPSA) is 49.4 Å². The van der Waals surface area contributed by atoms with Crippen LogP contribution in [0.4, 0.5) is 5.69 Å². The summed E-state index contributed by atoms with van der Waals surface area (Å²) in [6.45, 7) is 2.48. The number of nitrogens with zero attached hydrogens (tertiary/aromatic N) is 1. The summed E-state index contributed by atoms with van der Waals surface area (Å²) in [5, 5.41) is 3.14. The normalized spacial score (nSPS) is 19.1. The molecule has 1 aliphatic rings. The highest BCUT2D eigenvalue weighted by Crippen LogP contribution is 2.21. The molecule has 0 aliphatic carbocycles. The lowest BCUT2D eigenvalue weighted by Crippen LogP contribution is -2.35. The predicted molar refractivity (Wildman–Crippen MR) is 77.3 cm³/mol. The van der Waals surface area contributed by atoms with E-state index in [2.05, 4.69) is 5.32 Å². The van der Waals surface area contributed by atoms with Gasteiger partial charge in [0.15, 0.2) is 0 Å². The number of anilines is 1. The number of likely N-dealkylation sites (tertiary alicyclic amines) is 1. The van der Waals surface area contributed by atoms with E-state index in [9.17, 15) is 9.59 Å². The van der Waals surface area contributed by atoms with Gasteiger partial charge in [0.2, 0.25) is 5.91 Å². The molecule has 19 heavy (non-hydrogen) atoms. The summed E-state index contributed by atoms with van der Waals surface area (Å²) in [5.41, 5.74) is 0.877. The number of carbonyl (C=O) groups excluding carboxylic acids is 2. The maximum Gasteiger partial charge on any atom is 0.252 e. The number of rotatable bonds is 5. The van der Waals surface area contributed by atoms with Crippen LogP contribution in [0.25, 0.3) is 0 Å². The van der Waals surface area contributed by atoms with Gasteiger partial charge in [-0.2, -0.15) is 0 Å². The number of nitrogens with one attached hydrogen (secondary N) is 1. The Morgan fingerprint density at radius 1 is 1.32 bits per heavy atom. The molecule has 1 aromatic rings. The molecule has 2 rings (SSSR count). The first-order valence-corrected chi connectivity index (χ1v) is 7.63. The van der Waals surface area contributed by atoms with Crippen molar-refractivity contribution in [2.75, 3.05) is 18.1 Å². The molecule has 0 aromatic heterocycles. The molecular formula is C14H18N2O2S. The van der Waals surface area contributed by atoms with E-state index < -0.39 is 6.04 Å². The Morgan fingerprint density at radius 2 is 2.00 bits per heavy atom. The van der Waals surface area contributed by atoms with Gasteiger partial charge in [-0.05, 0) is 36.9 Å². The van der Waals surface area contributed by atoms with Crippen LogP contribution in [0.3, 0.4) is 0 Å². The van der Waals surface area contributed by atoms with Gasteiger partial charge in [0.1, 0.15) is 6.04 Å². The van der Waals surface area contributed by atoms with Crippen molar-refractivity contribution in [1.29, 1.82) is 0 Å². The molecule has 5 heteroatoms. The van der Waals surface area contributed by atoms with Gasteiger partial charge in [0, 0.05) is 17.1 Å². The molecule has 1 atom stereocenters. The quantitative estimate of drug-likeness (QED) is 0.663. The zero-order valence-corrected chi connectivity index (χ0v) is 12.0. The van der Waals surface area contributed by atoms with Crippen LogP contribution in [0, 0.1) is 0 Å². The maximum absolute atomic E-state index is 12.1. The van der Waals surface area contributed by atoms with Crippen molar-refractivity contribution >= 4 is 29.3 Å². The zero-order valence-electron chi connectivity index (χ0n) is 11.2. The minimum absolute atomic E-state index is 0.0786. The van der Waals surface area contributed by atoms with Crippen LogP contribution in [-0.4, -0.2) is 35.6 Å².